The molecule has 3 aromatic rings. The van der Waals surface area contributed by atoms with Crippen molar-refractivity contribution in [1.82, 2.24) is 9.88 Å². The van der Waals surface area contributed by atoms with Gasteiger partial charge in [-0.25, -0.2) is 0 Å². The van der Waals surface area contributed by atoms with E-state index in [2.05, 4.69) is 59.5 Å². The van der Waals surface area contributed by atoms with Gasteiger partial charge in [-0.3, -0.25) is 4.79 Å². The number of hydrogen-bond acceptors (Lipinski definition) is 1. The highest BCUT2D eigenvalue weighted by atomic mass is 16.1. The second-order valence-electron chi connectivity index (χ2n) is 6.72. The second-order valence-corrected chi connectivity index (χ2v) is 6.72. The van der Waals surface area contributed by atoms with E-state index in [1.54, 1.807) is 0 Å². The molecule has 1 N–H and O–H groups in total. The maximum absolute atomic E-state index is 12.5. The Kier molecular flexibility index (Phi) is 3.85. The molecular weight excluding hydrogens is 296 g/mol. The Morgan fingerprint density at radius 1 is 1.12 bits per heavy atom. The van der Waals surface area contributed by atoms with Crippen LogP contribution in [0.2, 0.25) is 0 Å². The molecule has 4 rings (SSSR count). The predicted molar refractivity (Wildman–Crippen MR) is 97.0 cm³/mol. The summed E-state index contributed by atoms with van der Waals surface area (Å²) in [6, 6.07) is 19.2. The zero-order valence-electron chi connectivity index (χ0n) is 13.9. The molecule has 3 heteroatoms. The topological polar surface area (TPSA) is 34.0 Å². The molecule has 1 unspecified atom stereocenters. The lowest BCUT2D eigenvalue weighted by Gasteiger charge is -2.17. The van der Waals surface area contributed by atoms with Crippen molar-refractivity contribution in [3.63, 3.8) is 0 Å². The van der Waals surface area contributed by atoms with Gasteiger partial charge in [0.2, 0.25) is 5.91 Å². The summed E-state index contributed by atoms with van der Waals surface area (Å²) in [5.41, 5.74) is 3.63. The number of benzene rings is 2. The first-order chi connectivity index (χ1) is 11.7. The summed E-state index contributed by atoms with van der Waals surface area (Å²) < 4.78 is 2.15. The normalized spacial score (nSPS) is 15.4. The van der Waals surface area contributed by atoms with Crippen molar-refractivity contribution in [3.05, 3.63) is 71.9 Å². The van der Waals surface area contributed by atoms with E-state index in [9.17, 15) is 4.79 Å². The van der Waals surface area contributed by atoms with Gasteiger partial charge in [0.15, 0.2) is 0 Å². The van der Waals surface area contributed by atoms with Crippen LogP contribution in [-0.4, -0.2) is 16.5 Å². The van der Waals surface area contributed by atoms with Crippen LogP contribution in [0.3, 0.4) is 0 Å². The number of hydrogen-bond donors (Lipinski definition) is 1. The number of carbonyl (C=O) groups is 1. The summed E-state index contributed by atoms with van der Waals surface area (Å²) in [5, 5.41) is 4.36. The van der Waals surface area contributed by atoms with Gasteiger partial charge < -0.3 is 9.88 Å². The second kappa shape index (κ2) is 6.16. The highest BCUT2D eigenvalue weighted by molar-refractivity contribution is 5.86. The Hall–Kier alpha value is -2.55. The first-order valence-electron chi connectivity index (χ1n) is 8.60. The molecule has 1 heterocycles. The quantitative estimate of drug-likeness (QED) is 0.758. The van der Waals surface area contributed by atoms with Gasteiger partial charge in [0.25, 0.3) is 0 Å². The highest BCUT2D eigenvalue weighted by Gasteiger charge is 2.27. The Bertz CT molecular complexity index is 862. The van der Waals surface area contributed by atoms with Gasteiger partial charge in [-0.2, -0.15) is 0 Å². The van der Waals surface area contributed by atoms with Gasteiger partial charge in [-0.1, -0.05) is 48.5 Å². The van der Waals surface area contributed by atoms with Crippen molar-refractivity contribution >= 4 is 16.8 Å². The lowest BCUT2D eigenvalue weighted by Crippen LogP contribution is -2.27. The van der Waals surface area contributed by atoms with Crippen LogP contribution in [0.15, 0.2) is 60.8 Å². The third-order valence-electron chi connectivity index (χ3n) is 4.84. The molecule has 1 amide bonds. The minimum Gasteiger partial charge on any atom is -0.353 e. The molecule has 1 atom stereocenters. The lowest BCUT2D eigenvalue weighted by atomic mass is 9.88. The molecule has 122 valence electrons. The Morgan fingerprint density at radius 2 is 1.83 bits per heavy atom. The molecule has 2 aromatic carbocycles. The Labute approximate surface area is 142 Å². The minimum atomic E-state index is 0.0797. The molecule has 0 spiro atoms. The molecule has 0 aliphatic heterocycles. The van der Waals surface area contributed by atoms with E-state index in [1.807, 2.05) is 18.2 Å². The monoisotopic (exact) mass is 318 g/mol. The molecule has 0 radical (unpaired) electrons. The van der Waals surface area contributed by atoms with Crippen LogP contribution in [-0.2, 0) is 11.8 Å². The number of aromatic nitrogens is 1. The van der Waals surface area contributed by atoms with Crippen molar-refractivity contribution in [1.29, 1.82) is 0 Å². The van der Waals surface area contributed by atoms with Crippen molar-refractivity contribution in [2.75, 3.05) is 0 Å². The van der Waals surface area contributed by atoms with Gasteiger partial charge in [0.1, 0.15) is 0 Å². The summed E-state index contributed by atoms with van der Waals surface area (Å²) in [5.74, 6) is 0.232. The van der Waals surface area contributed by atoms with Crippen LogP contribution in [0, 0.1) is 0 Å². The SMILES string of the molecule is Cn1cc(C(CC(=O)NC2CC2)c2ccccc2)c2ccccc21. The summed E-state index contributed by atoms with van der Waals surface area (Å²) in [6.45, 7) is 0. The van der Waals surface area contributed by atoms with Gasteiger partial charge in [-0.15, -0.1) is 0 Å². The van der Waals surface area contributed by atoms with Crippen molar-refractivity contribution in [3.8, 4) is 0 Å². The first-order valence-corrected chi connectivity index (χ1v) is 8.60. The van der Waals surface area contributed by atoms with E-state index in [0.717, 1.165) is 12.8 Å². The number of rotatable bonds is 5. The number of aryl methyl sites for hydroxylation is 1. The van der Waals surface area contributed by atoms with Crippen LogP contribution >= 0.6 is 0 Å². The Morgan fingerprint density at radius 3 is 2.58 bits per heavy atom. The molecule has 0 bridgehead atoms. The molecule has 24 heavy (non-hydrogen) atoms. The number of nitrogens with one attached hydrogen (secondary N) is 1. The van der Waals surface area contributed by atoms with Crippen molar-refractivity contribution < 1.29 is 4.79 Å². The predicted octanol–water partition coefficient (Wildman–Crippen LogP) is 3.98. The molecule has 1 saturated carbocycles. The summed E-state index contributed by atoms with van der Waals surface area (Å²) in [6.07, 6.45) is 4.91. The third kappa shape index (κ3) is 2.94. The fourth-order valence-corrected chi connectivity index (χ4v) is 3.44. The molecular formula is C21H22N2O. The largest absolute Gasteiger partial charge is 0.353 e. The molecule has 0 saturated heterocycles. The van der Waals surface area contributed by atoms with Crippen molar-refractivity contribution in [2.45, 2.75) is 31.2 Å². The van der Waals surface area contributed by atoms with Gasteiger partial charge in [-0.05, 0) is 30.0 Å². The highest BCUT2D eigenvalue weighted by Crippen LogP contribution is 2.34. The van der Waals surface area contributed by atoms with Crippen molar-refractivity contribution in [2.24, 2.45) is 7.05 Å². The van der Waals surface area contributed by atoms with E-state index in [0.29, 0.717) is 12.5 Å². The van der Waals surface area contributed by atoms with Gasteiger partial charge >= 0.3 is 0 Å². The van der Waals surface area contributed by atoms with Gasteiger partial charge in [0.05, 0.1) is 0 Å². The molecule has 1 aliphatic rings. The first kappa shape index (κ1) is 15.0. The third-order valence-corrected chi connectivity index (χ3v) is 4.84. The number of fused-ring (bicyclic) bond motifs is 1. The maximum atomic E-state index is 12.5. The molecule has 1 aromatic heterocycles. The molecule has 1 fully saturated rings. The number of carbonyl (C=O) groups excluding carboxylic acids is 1. The number of para-hydroxylation sites is 1. The molecule has 3 nitrogen and oxygen atoms in total. The van der Waals surface area contributed by atoms with Gasteiger partial charge in [0, 0.05) is 42.5 Å². The van der Waals surface area contributed by atoms with Crippen LogP contribution in [0.5, 0.6) is 0 Å². The zero-order valence-corrected chi connectivity index (χ0v) is 13.9. The maximum Gasteiger partial charge on any atom is 0.221 e. The van der Waals surface area contributed by atoms with Crippen LogP contribution in [0.4, 0.5) is 0 Å². The fraction of sp³-hybridized carbons (Fsp3) is 0.286. The smallest absolute Gasteiger partial charge is 0.221 e. The minimum absolute atomic E-state index is 0.0797. The zero-order chi connectivity index (χ0) is 16.5. The standard InChI is InChI=1S/C21H22N2O/c1-23-14-19(17-9-5-6-10-20(17)23)18(15-7-3-2-4-8-15)13-21(24)22-16-11-12-16/h2-10,14,16,18H,11-13H2,1H3,(H,22,24). The van der Waals surface area contributed by atoms with E-state index in [4.69, 9.17) is 0 Å². The number of amides is 1. The lowest BCUT2D eigenvalue weighted by molar-refractivity contribution is -0.121. The molecule has 1 aliphatic carbocycles. The van der Waals surface area contributed by atoms with E-state index < -0.39 is 0 Å². The summed E-state index contributed by atoms with van der Waals surface area (Å²) >= 11 is 0. The summed E-state index contributed by atoms with van der Waals surface area (Å²) in [4.78, 5) is 12.5. The summed E-state index contributed by atoms with van der Waals surface area (Å²) in [7, 11) is 2.07. The average Bonchev–Trinajstić information content (AvgIpc) is 3.36. The number of nitrogens with zero attached hydrogens (tertiary/aromatic N) is 1. The van der Waals surface area contributed by atoms with Crippen LogP contribution < -0.4 is 5.32 Å². The fourth-order valence-electron chi connectivity index (χ4n) is 3.44. The van der Waals surface area contributed by atoms with Crippen LogP contribution in [0.25, 0.3) is 10.9 Å². The van der Waals surface area contributed by atoms with E-state index in [1.165, 1.54) is 22.0 Å². The van der Waals surface area contributed by atoms with E-state index in [-0.39, 0.29) is 11.8 Å². The van der Waals surface area contributed by atoms with E-state index >= 15 is 0 Å². The average molecular weight is 318 g/mol. The Balaban J connectivity index is 1.74. The van der Waals surface area contributed by atoms with Crippen LogP contribution in [0.1, 0.15) is 36.3 Å².